The highest BCUT2D eigenvalue weighted by molar-refractivity contribution is 5.95. The van der Waals surface area contributed by atoms with Crippen molar-refractivity contribution >= 4 is 17.5 Å². The molecule has 27 heavy (non-hydrogen) atoms. The normalized spacial score (nSPS) is 14.7. The highest BCUT2D eigenvalue weighted by Gasteiger charge is 2.24. The molecule has 0 atom stereocenters. The molecule has 0 unspecified atom stereocenters. The lowest BCUT2D eigenvalue weighted by molar-refractivity contribution is 0.0712. The van der Waals surface area contributed by atoms with Crippen LogP contribution < -0.4 is 5.32 Å². The first-order valence-electron chi connectivity index (χ1n) is 9.50. The van der Waals surface area contributed by atoms with E-state index in [2.05, 4.69) is 17.3 Å². The number of nitrogens with zero attached hydrogens (tertiary/aromatic N) is 4. The van der Waals surface area contributed by atoms with Crippen molar-refractivity contribution in [3.8, 4) is 0 Å². The van der Waals surface area contributed by atoms with Crippen molar-refractivity contribution in [1.29, 1.82) is 0 Å². The van der Waals surface area contributed by atoms with E-state index in [1.54, 1.807) is 24.0 Å². The lowest BCUT2D eigenvalue weighted by Crippen LogP contribution is -2.38. The van der Waals surface area contributed by atoms with Crippen LogP contribution in [0.1, 0.15) is 40.6 Å². The third kappa shape index (κ3) is 4.48. The molecular formula is C20H27N5O2. The first-order valence-corrected chi connectivity index (χ1v) is 9.50. The van der Waals surface area contributed by atoms with Crippen molar-refractivity contribution in [1.82, 2.24) is 19.6 Å². The average Bonchev–Trinajstić information content (AvgIpc) is 2.97. The molecule has 1 N–H and O–H groups in total. The van der Waals surface area contributed by atoms with Gasteiger partial charge in [-0.05, 0) is 43.2 Å². The monoisotopic (exact) mass is 369 g/mol. The van der Waals surface area contributed by atoms with Gasteiger partial charge in [-0.3, -0.25) is 14.3 Å². The van der Waals surface area contributed by atoms with E-state index < -0.39 is 0 Å². The summed E-state index contributed by atoms with van der Waals surface area (Å²) in [5.41, 5.74) is 2.28. The number of rotatable bonds is 5. The van der Waals surface area contributed by atoms with Crippen molar-refractivity contribution in [2.75, 3.05) is 38.0 Å². The second-order valence-electron chi connectivity index (χ2n) is 6.78. The van der Waals surface area contributed by atoms with Gasteiger partial charge in [0, 0.05) is 57.2 Å². The van der Waals surface area contributed by atoms with E-state index >= 15 is 0 Å². The molecule has 7 nitrogen and oxygen atoms in total. The van der Waals surface area contributed by atoms with Crippen LogP contribution in [-0.2, 0) is 7.05 Å². The zero-order valence-electron chi connectivity index (χ0n) is 16.0. The zero-order valence-corrected chi connectivity index (χ0v) is 16.0. The third-order valence-corrected chi connectivity index (χ3v) is 4.82. The average molecular weight is 369 g/mol. The molecule has 1 saturated heterocycles. The molecule has 3 rings (SSSR count). The molecule has 0 radical (unpaired) electrons. The molecule has 2 amide bonds. The molecule has 1 aliphatic heterocycles. The molecule has 0 spiro atoms. The molecule has 144 valence electrons. The van der Waals surface area contributed by atoms with E-state index in [0.29, 0.717) is 37.4 Å². The molecule has 2 heterocycles. The molecule has 1 aromatic heterocycles. The maximum Gasteiger partial charge on any atom is 0.272 e. The SMILES string of the molecule is CCCNc1ccc(C(=O)N2CCCN(C(=O)c3ccnn3C)CC2)cc1. The summed E-state index contributed by atoms with van der Waals surface area (Å²) >= 11 is 0. The summed E-state index contributed by atoms with van der Waals surface area (Å²) < 4.78 is 1.59. The van der Waals surface area contributed by atoms with Crippen molar-refractivity contribution in [3.63, 3.8) is 0 Å². The largest absolute Gasteiger partial charge is 0.385 e. The maximum atomic E-state index is 12.8. The van der Waals surface area contributed by atoms with Gasteiger partial charge in [-0.15, -0.1) is 0 Å². The number of hydrogen-bond donors (Lipinski definition) is 1. The standard InChI is InChI=1S/C20H27N5O2/c1-3-10-21-17-7-5-16(6-8-17)19(26)24-12-4-13-25(15-14-24)20(27)18-9-11-22-23(18)2/h5-9,11,21H,3-4,10,12-15H2,1-2H3. The van der Waals surface area contributed by atoms with Crippen molar-refractivity contribution in [2.24, 2.45) is 7.05 Å². The summed E-state index contributed by atoms with van der Waals surface area (Å²) in [7, 11) is 1.76. The van der Waals surface area contributed by atoms with Gasteiger partial charge in [-0.2, -0.15) is 5.10 Å². The van der Waals surface area contributed by atoms with E-state index in [4.69, 9.17) is 0 Å². The Kier molecular flexibility index (Phi) is 6.11. The lowest BCUT2D eigenvalue weighted by Gasteiger charge is -2.22. The van der Waals surface area contributed by atoms with E-state index in [-0.39, 0.29) is 11.8 Å². The van der Waals surface area contributed by atoms with E-state index in [1.807, 2.05) is 34.1 Å². The van der Waals surface area contributed by atoms with E-state index in [1.165, 1.54) is 0 Å². The maximum absolute atomic E-state index is 12.8. The van der Waals surface area contributed by atoms with Gasteiger partial charge in [0.15, 0.2) is 0 Å². The predicted octanol–water partition coefficient (Wildman–Crippen LogP) is 2.23. The van der Waals surface area contributed by atoms with Gasteiger partial charge in [-0.25, -0.2) is 0 Å². The van der Waals surface area contributed by atoms with Crippen LogP contribution in [0.4, 0.5) is 5.69 Å². The number of carbonyl (C=O) groups is 2. The van der Waals surface area contributed by atoms with E-state index in [9.17, 15) is 9.59 Å². The molecule has 0 bridgehead atoms. The Morgan fingerprint density at radius 1 is 1.00 bits per heavy atom. The number of aromatic nitrogens is 2. The summed E-state index contributed by atoms with van der Waals surface area (Å²) in [5, 5.41) is 7.37. The molecule has 1 aromatic carbocycles. The van der Waals surface area contributed by atoms with Gasteiger partial charge >= 0.3 is 0 Å². The van der Waals surface area contributed by atoms with E-state index in [0.717, 1.165) is 25.1 Å². The molecule has 7 heteroatoms. The molecule has 2 aromatic rings. The Labute approximate surface area is 159 Å². The third-order valence-electron chi connectivity index (χ3n) is 4.82. The van der Waals surface area contributed by atoms with Crippen molar-refractivity contribution < 1.29 is 9.59 Å². The number of carbonyl (C=O) groups excluding carboxylic acids is 2. The minimum absolute atomic E-state index is 0.0203. The number of amides is 2. The predicted molar refractivity (Wildman–Crippen MR) is 105 cm³/mol. The minimum Gasteiger partial charge on any atom is -0.385 e. The molecule has 0 aliphatic carbocycles. The van der Waals surface area contributed by atoms with Crippen LogP contribution in [0.5, 0.6) is 0 Å². The van der Waals surface area contributed by atoms with Crippen LogP contribution in [0.3, 0.4) is 0 Å². The van der Waals surface area contributed by atoms with Crippen LogP contribution in [0.25, 0.3) is 0 Å². The summed E-state index contributed by atoms with van der Waals surface area (Å²) in [5.74, 6) is -0.0116. The van der Waals surface area contributed by atoms with Crippen molar-refractivity contribution in [3.05, 3.63) is 47.8 Å². The minimum atomic E-state index is -0.0318. The second kappa shape index (κ2) is 8.70. The first-order chi connectivity index (χ1) is 13.1. The lowest BCUT2D eigenvalue weighted by atomic mass is 10.1. The number of anilines is 1. The second-order valence-corrected chi connectivity index (χ2v) is 6.78. The van der Waals surface area contributed by atoms with Crippen LogP contribution in [0.15, 0.2) is 36.5 Å². The fraction of sp³-hybridized carbons (Fsp3) is 0.450. The summed E-state index contributed by atoms with van der Waals surface area (Å²) in [4.78, 5) is 29.1. The molecule has 1 aliphatic rings. The van der Waals surface area contributed by atoms with Gasteiger partial charge in [0.05, 0.1) is 0 Å². The van der Waals surface area contributed by atoms with Crippen LogP contribution >= 0.6 is 0 Å². The quantitative estimate of drug-likeness (QED) is 0.877. The fourth-order valence-corrected chi connectivity index (χ4v) is 3.25. The number of nitrogens with one attached hydrogen (secondary N) is 1. The van der Waals surface area contributed by atoms with Crippen molar-refractivity contribution in [2.45, 2.75) is 19.8 Å². The van der Waals surface area contributed by atoms with Gasteiger partial charge in [0.1, 0.15) is 5.69 Å². The van der Waals surface area contributed by atoms with Gasteiger partial charge in [0.2, 0.25) is 0 Å². The molecule has 1 fully saturated rings. The van der Waals surface area contributed by atoms with Crippen LogP contribution in [0, 0.1) is 0 Å². The molecule has 0 saturated carbocycles. The van der Waals surface area contributed by atoms with Gasteiger partial charge < -0.3 is 15.1 Å². The zero-order chi connectivity index (χ0) is 19.2. The highest BCUT2D eigenvalue weighted by atomic mass is 16.2. The Morgan fingerprint density at radius 3 is 2.26 bits per heavy atom. The Morgan fingerprint density at radius 2 is 1.67 bits per heavy atom. The first kappa shape index (κ1) is 18.9. The summed E-state index contributed by atoms with van der Waals surface area (Å²) in [6.45, 7) is 5.41. The summed E-state index contributed by atoms with van der Waals surface area (Å²) in [6.07, 6.45) is 3.45. The topological polar surface area (TPSA) is 70.5 Å². The molecular weight excluding hydrogens is 342 g/mol. The Hall–Kier alpha value is -2.83. The van der Waals surface area contributed by atoms with Gasteiger partial charge in [0.25, 0.3) is 11.8 Å². The number of hydrogen-bond acceptors (Lipinski definition) is 4. The highest BCUT2D eigenvalue weighted by Crippen LogP contribution is 2.14. The fourth-order valence-electron chi connectivity index (χ4n) is 3.25. The number of aryl methyl sites for hydroxylation is 1. The van der Waals surface area contributed by atoms with Crippen LogP contribution in [-0.4, -0.2) is 64.1 Å². The van der Waals surface area contributed by atoms with Gasteiger partial charge in [-0.1, -0.05) is 6.92 Å². The Bertz CT molecular complexity index is 784. The Balaban J connectivity index is 1.61. The smallest absolute Gasteiger partial charge is 0.272 e. The summed E-state index contributed by atoms with van der Waals surface area (Å²) in [6, 6.07) is 9.34. The number of benzene rings is 1. The van der Waals surface area contributed by atoms with Crippen LogP contribution in [0.2, 0.25) is 0 Å².